The summed E-state index contributed by atoms with van der Waals surface area (Å²) in [4.78, 5) is 21.1. The van der Waals surface area contributed by atoms with E-state index in [1.165, 1.54) is 7.11 Å². The number of hydrogen-bond acceptors (Lipinski definition) is 4. The van der Waals surface area contributed by atoms with Gasteiger partial charge in [0, 0.05) is 6.08 Å². The van der Waals surface area contributed by atoms with E-state index in [2.05, 4.69) is 4.74 Å². The van der Waals surface area contributed by atoms with Crippen LogP contribution < -0.4 is 4.74 Å². The summed E-state index contributed by atoms with van der Waals surface area (Å²) < 4.78 is 36.3. The highest BCUT2D eigenvalue weighted by molar-refractivity contribution is 5.85. The molecule has 0 aromatic heterocycles. The van der Waals surface area contributed by atoms with Crippen molar-refractivity contribution in [2.75, 3.05) is 13.7 Å². The minimum atomic E-state index is -1.23. The normalized spacial score (nSPS) is 10.6. The summed E-state index contributed by atoms with van der Waals surface area (Å²) in [6.45, 7) is -0.231. The molecule has 0 unspecified atom stereocenters. The van der Waals surface area contributed by atoms with E-state index in [4.69, 9.17) is 9.84 Å². The number of esters is 1. The number of rotatable bonds is 6. The van der Waals surface area contributed by atoms with Crippen LogP contribution in [-0.2, 0) is 14.3 Å². The molecular formula is C13H12F2O5. The van der Waals surface area contributed by atoms with Crippen LogP contribution in [0.3, 0.4) is 0 Å². The molecule has 0 heterocycles. The Morgan fingerprint density at radius 2 is 1.90 bits per heavy atom. The SMILES string of the molecule is COC(=O)CCOc1c(F)cc(C=CC(=O)O)cc1F. The number of hydrogen-bond donors (Lipinski definition) is 1. The predicted molar refractivity (Wildman–Crippen MR) is 65.2 cm³/mol. The maximum Gasteiger partial charge on any atom is 0.328 e. The van der Waals surface area contributed by atoms with Crippen molar-refractivity contribution in [3.63, 3.8) is 0 Å². The molecule has 108 valence electrons. The molecule has 1 aromatic rings. The van der Waals surface area contributed by atoms with Crippen LogP contribution in [0.2, 0.25) is 0 Å². The van der Waals surface area contributed by atoms with Crippen molar-refractivity contribution in [3.05, 3.63) is 35.4 Å². The highest BCUT2D eigenvalue weighted by atomic mass is 19.1. The lowest BCUT2D eigenvalue weighted by Crippen LogP contribution is -2.09. The van der Waals surface area contributed by atoms with Crippen LogP contribution in [-0.4, -0.2) is 30.8 Å². The molecule has 20 heavy (non-hydrogen) atoms. The third kappa shape index (κ3) is 4.68. The average Bonchev–Trinajstić information content (AvgIpc) is 2.39. The van der Waals surface area contributed by atoms with Gasteiger partial charge in [0.1, 0.15) is 0 Å². The summed E-state index contributed by atoms with van der Waals surface area (Å²) in [5, 5.41) is 8.42. The fourth-order valence-corrected chi connectivity index (χ4v) is 1.32. The summed E-state index contributed by atoms with van der Waals surface area (Å²) in [5.74, 6) is -4.39. The van der Waals surface area contributed by atoms with Gasteiger partial charge < -0.3 is 14.6 Å². The maximum atomic E-state index is 13.6. The van der Waals surface area contributed by atoms with E-state index in [9.17, 15) is 18.4 Å². The van der Waals surface area contributed by atoms with E-state index in [0.29, 0.717) is 0 Å². The van der Waals surface area contributed by atoms with Crippen molar-refractivity contribution >= 4 is 18.0 Å². The number of carbonyl (C=O) groups is 2. The smallest absolute Gasteiger partial charge is 0.328 e. The van der Waals surface area contributed by atoms with Crippen molar-refractivity contribution in [3.8, 4) is 5.75 Å². The molecule has 0 fully saturated rings. The van der Waals surface area contributed by atoms with Crippen LogP contribution in [0.25, 0.3) is 6.08 Å². The molecular weight excluding hydrogens is 274 g/mol. The van der Waals surface area contributed by atoms with Gasteiger partial charge in [-0.05, 0) is 23.8 Å². The molecule has 0 spiro atoms. The number of halogens is 2. The molecule has 5 nitrogen and oxygen atoms in total. The zero-order chi connectivity index (χ0) is 15.1. The lowest BCUT2D eigenvalue weighted by atomic mass is 10.2. The Labute approximate surface area is 113 Å². The number of aliphatic carboxylic acids is 1. The number of carboxylic acids is 1. The Kier molecular flexibility index (Phi) is 5.64. The number of ether oxygens (including phenoxy) is 2. The quantitative estimate of drug-likeness (QED) is 0.639. The predicted octanol–water partition coefficient (Wildman–Crippen LogP) is 2.00. The van der Waals surface area contributed by atoms with Gasteiger partial charge in [-0.25, -0.2) is 13.6 Å². The molecule has 1 rings (SSSR count). The largest absolute Gasteiger partial charge is 0.487 e. The standard InChI is InChI=1S/C13H12F2O5/c1-19-12(18)4-5-20-13-9(14)6-8(7-10(13)15)2-3-11(16)17/h2-3,6-7H,4-5H2,1H3,(H,16,17). The van der Waals surface area contributed by atoms with Crippen LogP contribution in [0.1, 0.15) is 12.0 Å². The molecule has 0 bridgehead atoms. The molecule has 0 saturated heterocycles. The van der Waals surface area contributed by atoms with Crippen LogP contribution in [0.4, 0.5) is 8.78 Å². The van der Waals surface area contributed by atoms with E-state index >= 15 is 0 Å². The van der Waals surface area contributed by atoms with E-state index in [-0.39, 0.29) is 18.6 Å². The van der Waals surface area contributed by atoms with Crippen LogP contribution >= 0.6 is 0 Å². The second-order valence-electron chi connectivity index (χ2n) is 3.66. The van der Waals surface area contributed by atoms with Gasteiger partial charge in [-0.2, -0.15) is 0 Å². The van der Waals surface area contributed by atoms with Gasteiger partial charge >= 0.3 is 11.9 Å². The Hall–Kier alpha value is -2.44. The van der Waals surface area contributed by atoms with Gasteiger partial charge in [0.15, 0.2) is 17.4 Å². The van der Waals surface area contributed by atoms with Gasteiger partial charge in [-0.1, -0.05) is 0 Å². The van der Waals surface area contributed by atoms with E-state index < -0.39 is 29.3 Å². The first-order valence-electron chi connectivity index (χ1n) is 5.53. The van der Waals surface area contributed by atoms with Crippen molar-refractivity contribution in [2.24, 2.45) is 0 Å². The number of methoxy groups -OCH3 is 1. The van der Waals surface area contributed by atoms with Crippen molar-refractivity contribution in [1.82, 2.24) is 0 Å². The molecule has 0 amide bonds. The highest BCUT2D eigenvalue weighted by Crippen LogP contribution is 2.24. The van der Waals surface area contributed by atoms with Crippen LogP contribution in [0.5, 0.6) is 5.75 Å². The van der Waals surface area contributed by atoms with Gasteiger partial charge in [0.2, 0.25) is 0 Å². The lowest BCUT2D eigenvalue weighted by Gasteiger charge is -2.08. The van der Waals surface area contributed by atoms with E-state index in [1.54, 1.807) is 0 Å². The monoisotopic (exact) mass is 286 g/mol. The Morgan fingerprint density at radius 3 is 2.40 bits per heavy atom. The second-order valence-corrected chi connectivity index (χ2v) is 3.66. The number of benzene rings is 1. The Bertz CT molecular complexity index is 517. The van der Waals surface area contributed by atoms with Crippen molar-refractivity contribution in [1.29, 1.82) is 0 Å². The van der Waals surface area contributed by atoms with Crippen molar-refractivity contribution in [2.45, 2.75) is 6.42 Å². The van der Waals surface area contributed by atoms with Gasteiger partial charge in [-0.15, -0.1) is 0 Å². The fraction of sp³-hybridized carbons (Fsp3) is 0.231. The minimum Gasteiger partial charge on any atom is -0.487 e. The minimum absolute atomic E-state index is 0.0442. The zero-order valence-corrected chi connectivity index (χ0v) is 10.6. The molecule has 1 N–H and O–H groups in total. The first kappa shape index (κ1) is 15.6. The summed E-state index contributed by atoms with van der Waals surface area (Å²) >= 11 is 0. The van der Waals surface area contributed by atoms with Gasteiger partial charge in [0.25, 0.3) is 0 Å². The third-order valence-corrected chi connectivity index (χ3v) is 2.22. The van der Waals surface area contributed by atoms with Gasteiger partial charge in [0.05, 0.1) is 20.1 Å². The Morgan fingerprint density at radius 1 is 1.30 bits per heavy atom. The molecule has 1 aromatic carbocycles. The molecule has 0 atom stereocenters. The molecule has 0 aliphatic heterocycles. The molecule has 7 heteroatoms. The van der Waals surface area contributed by atoms with Gasteiger partial charge in [-0.3, -0.25) is 4.79 Å². The summed E-state index contributed by atoms with van der Waals surface area (Å²) in [5.41, 5.74) is 0.0442. The summed E-state index contributed by atoms with van der Waals surface area (Å²) in [6, 6.07) is 1.85. The molecule has 0 radical (unpaired) electrons. The van der Waals surface area contributed by atoms with E-state index in [0.717, 1.165) is 24.3 Å². The summed E-state index contributed by atoms with van der Waals surface area (Å²) in [6.07, 6.45) is 1.66. The zero-order valence-electron chi connectivity index (χ0n) is 10.6. The number of carboxylic acid groups (broad SMARTS) is 1. The van der Waals surface area contributed by atoms with Crippen LogP contribution in [0, 0.1) is 11.6 Å². The van der Waals surface area contributed by atoms with Crippen molar-refractivity contribution < 1.29 is 33.0 Å². The topological polar surface area (TPSA) is 72.8 Å². The first-order valence-corrected chi connectivity index (χ1v) is 5.53. The second kappa shape index (κ2) is 7.22. The number of carbonyl (C=O) groups excluding carboxylic acids is 1. The molecule has 0 saturated carbocycles. The first-order chi connectivity index (χ1) is 9.43. The summed E-state index contributed by atoms with van der Waals surface area (Å²) in [7, 11) is 1.19. The lowest BCUT2D eigenvalue weighted by molar-refractivity contribution is -0.141. The average molecular weight is 286 g/mol. The molecule has 0 aliphatic rings. The van der Waals surface area contributed by atoms with E-state index in [1.807, 2.05) is 0 Å². The Balaban J connectivity index is 2.79. The fourth-order valence-electron chi connectivity index (χ4n) is 1.32. The maximum absolute atomic E-state index is 13.6. The highest BCUT2D eigenvalue weighted by Gasteiger charge is 2.13. The molecule has 0 aliphatic carbocycles. The van der Waals surface area contributed by atoms with Crippen LogP contribution in [0.15, 0.2) is 18.2 Å². The third-order valence-electron chi connectivity index (χ3n) is 2.22.